The maximum Gasteiger partial charge on any atom is 0.347 e. The first-order chi connectivity index (χ1) is 11.2. The molecule has 0 aromatic rings. The van der Waals surface area contributed by atoms with E-state index in [0.717, 1.165) is 20.8 Å². The number of nitrogens with one attached hydrogen (secondary N) is 1. The molecule has 0 bridgehead atoms. The van der Waals surface area contributed by atoms with Gasteiger partial charge in [-0.2, -0.15) is 0 Å². The van der Waals surface area contributed by atoms with Gasteiger partial charge in [0.1, 0.15) is 6.04 Å². The summed E-state index contributed by atoms with van der Waals surface area (Å²) in [4.78, 5) is 56.9. The highest BCUT2D eigenvalue weighted by molar-refractivity contribution is 5.87. The van der Waals surface area contributed by atoms with Crippen molar-refractivity contribution in [3.63, 3.8) is 0 Å². The van der Waals surface area contributed by atoms with Crippen LogP contribution >= 0.6 is 0 Å². The van der Waals surface area contributed by atoms with E-state index < -0.39 is 47.0 Å². The summed E-state index contributed by atoms with van der Waals surface area (Å²) in [6.45, 7) is 5.81. The van der Waals surface area contributed by atoms with E-state index in [1.807, 2.05) is 0 Å². The molecule has 10 heteroatoms. The number of carbonyl (C=O) groups excluding carboxylic acids is 3. The molecule has 1 amide bonds. The number of hydrogen-bond acceptors (Lipinski definition) is 7. The standard InChI is InChI=1S/C15H23NO9/c1-8(17)16-9(11(19)25-15(4,5)13(22)23)6-7-10(18)24-14(2,3)12(20)21/h9H,6-7H2,1-5H3,(H,16,17)(H,20,21)(H,22,23)/t9-/m0/s1. The van der Waals surface area contributed by atoms with Crippen molar-refractivity contribution < 1.29 is 43.7 Å². The van der Waals surface area contributed by atoms with E-state index in [2.05, 4.69) is 5.32 Å². The zero-order valence-electron chi connectivity index (χ0n) is 14.7. The van der Waals surface area contributed by atoms with E-state index in [9.17, 15) is 24.0 Å². The van der Waals surface area contributed by atoms with Crippen LogP contribution in [0.2, 0.25) is 0 Å². The predicted molar refractivity (Wildman–Crippen MR) is 82.5 cm³/mol. The number of rotatable bonds is 9. The van der Waals surface area contributed by atoms with Crippen molar-refractivity contribution in [3.8, 4) is 0 Å². The smallest absolute Gasteiger partial charge is 0.347 e. The highest BCUT2D eigenvalue weighted by Gasteiger charge is 2.36. The van der Waals surface area contributed by atoms with Gasteiger partial charge in [-0.25, -0.2) is 14.4 Å². The molecule has 0 fully saturated rings. The monoisotopic (exact) mass is 361 g/mol. The number of hydrogen-bond donors (Lipinski definition) is 3. The fourth-order valence-corrected chi connectivity index (χ4v) is 1.50. The second kappa shape index (κ2) is 8.45. The molecular formula is C15H23NO9. The Hall–Kier alpha value is -2.65. The largest absolute Gasteiger partial charge is 0.478 e. The minimum Gasteiger partial charge on any atom is -0.478 e. The van der Waals surface area contributed by atoms with Crippen molar-refractivity contribution in [1.29, 1.82) is 0 Å². The highest BCUT2D eigenvalue weighted by Crippen LogP contribution is 2.15. The maximum absolute atomic E-state index is 12.1. The Labute approximate surface area is 144 Å². The predicted octanol–water partition coefficient (Wildman–Crippen LogP) is 0.0841. The maximum atomic E-state index is 12.1. The lowest BCUT2D eigenvalue weighted by Gasteiger charge is -2.24. The van der Waals surface area contributed by atoms with Crippen LogP contribution < -0.4 is 5.32 Å². The van der Waals surface area contributed by atoms with Crippen molar-refractivity contribution in [2.24, 2.45) is 0 Å². The van der Waals surface area contributed by atoms with Gasteiger partial charge in [-0.3, -0.25) is 9.59 Å². The van der Waals surface area contributed by atoms with Gasteiger partial charge in [-0.1, -0.05) is 0 Å². The number of carboxylic acid groups (broad SMARTS) is 2. The van der Waals surface area contributed by atoms with Crippen molar-refractivity contribution >= 4 is 29.8 Å². The molecule has 3 N–H and O–H groups in total. The molecule has 25 heavy (non-hydrogen) atoms. The lowest BCUT2D eigenvalue weighted by molar-refractivity contribution is -0.177. The number of carboxylic acids is 2. The Morgan fingerprint density at radius 1 is 0.920 bits per heavy atom. The zero-order chi connectivity index (χ0) is 20.0. The minimum atomic E-state index is -1.82. The number of aliphatic carboxylic acids is 2. The first-order valence-corrected chi connectivity index (χ1v) is 7.37. The lowest BCUT2D eigenvalue weighted by Crippen LogP contribution is -2.46. The summed E-state index contributed by atoms with van der Waals surface area (Å²) in [7, 11) is 0. The van der Waals surface area contributed by atoms with E-state index >= 15 is 0 Å². The number of ether oxygens (including phenoxy) is 2. The van der Waals surface area contributed by atoms with Crippen LogP contribution in [0.3, 0.4) is 0 Å². The van der Waals surface area contributed by atoms with Gasteiger partial charge in [0.2, 0.25) is 17.1 Å². The number of carbonyl (C=O) groups is 5. The van der Waals surface area contributed by atoms with Crippen LogP contribution in [-0.4, -0.2) is 57.2 Å². The van der Waals surface area contributed by atoms with Crippen LogP contribution in [0.25, 0.3) is 0 Å². The third-order valence-corrected chi connectivity index (χ3v) is 3.05. The van der Waals surface area contributed by atoms with Crippen LogP contribution in [0, 0.1) is 0 Å². The molecule has 0 aliphatic rings. The molecule has 0 aromatic carbocycles. The van der Waals surface area contributed by atoms with Crippen LogP contribution in [0.15, 0.2) is 0 Å². The lowest BCUT2D eigenvalue weighted by atomic mass is 10.1. The molecule has 0 saturated heterocycles. The summed E-state index contributed by atoms with van der Waals surface area (Å²) in [6.07, 6.45) is -0.632. The van der Waals surface area contributed by atoms with Crippen LogP contribution in [0.4, 0.5) is 0 Å². The van der Waals surface area contributed by atoms with Gasteiger partial charge in [0, 0.05) is 13.3 Å². The summed E-state index contributed by atoms with van der Waals surface area (Å²) in [6, 6.07) is -1.28. The Balaban J connectivity index is 4.93. The fraction of sp³-hybridized carbons (Fsp3) is 0.667. The van der Waals surface area contributed by atoms with Crippen molar-refractivity contribution in [2.75, 3.05) is 0 Å². The number of amides is 1. The number of esters is 2. The summed E-state index contributed by atoms with van der Waals surface area (Å²) in [5.74, 6) is -5.25. The van der Waals surface area contributed by atoms with Gasteiger partial charge >= 0.3 is 23.9 Å². The summed E-state index contributed by atoms with van der Waals surface area (Å²) < 4.78 is 9.61. The molecule has 0 aliphatic heterocycles. The van der Waals surface area contributed by atoms with Gasteiger partial charge in [0.15, 0.2) is 0 Å². The van der Waals surface area contributed by atoms with Gasteiger partial charge in [-0.05, 0) is 34.1 Å². The van der Waals surface area contributed by atoms with E-state index in [-0.39, 0.29) is 12.8 Å². The summed E-state index contributed by atoms with van der Waals surface area (Å²) in [5.41, 5.74) is -3.56. The zero-order valence-corrected chi connectivity index (χ0v) is 14.7. The first kappa shape index (κ1) is 22.4. The Morgan fingerprint density at radius 2 is 1.36 bits per heavy atom. The van der Waals surface area contributed by atoms with Crippen molar-refractivity contribution in [2.45, 2.75) is 64.7 Å². The van der Waals surface area contributed by atoms with E-state index in [0.29, 0.717) is 0 Å². The molecule has 0 aliphatic carbocycles. The van der Waals surface area contributed by atoms with Crippen LogP contribution in [0.5, 0.6) is 0 Å². The average Bonchev–Trinajstić information content (AvgIpc) is 2.41. The van der Waals surface area contributed by atoms with E-state index in [1.54, 1.807) is 0 Å². The SMILES string of the molecule is CC(=O)N[C@@H](CCC(=O)OC(C)(C)C(=O)O)C(=O)OC(C)(C)C(=O)O. The van der Waals surface area contributed by atoms with Crippen LogP contribution in [-0.2, 0) is 33.4 Å². The van der Waals surface area contributed by atoms with E-state index in [1.165, 1.54) is 13.8 Å². The van der Waals surface area contributed by atoms with Crippen molar-refractivity contribution in [1.82, 2.24) is 5.32 Å². The van der Waals surface area contributed by atoms with E-state index in [4.69, 9.17) is 19.7 Å². The molecule has 0 saturated carbocycles. The average molecular weight is 361 g/mol. The second-order valence-electron chi connectivity index (χ2n) is 6.32. The first-order valence-electron chi connectivity index (χ1n) is 7.37. The molecule has 0 unspecified atom stereocenters. The van der Waals surface area contributed by atoms with Gasteiger partial charge < -0.3 is 25.0 Å². The third-order valence-electron chi connectivity index (χ3n) is 3.05. The quantitative estimate of drug-likeness (QED) is 0.484. The Bertz CT molecular complexity index is 565. The van der Waals surface area contributed by atoms with Gasteiger partial charge in [0.25, 0.3) is 0 Å². The molecular weight excluding hydrogens is 338 g/mol. The topological polar surface area (TPSA) is 156 Å². The molecule has 0 aromatic heterocycles. The molecule has 0 spiro atoms. The molecule has 142 valence electrons. The molecule has 1 atom stereocenters. The van der Waals surface area contributed by atoms with Crippen LogP contribution in [0.1, 0.15) is 47.5 Å². The van der Waals surface area contributed by atoms with Gasteiger partial charge in [0.05, 0.1) is 0 Å². The van der Waals surface area contributed by atoms with Gasteiger partial charge in [-0.15, -0.1) is 0 Å². The molecule has 0 rings (SSSR count). The Kier molecular flexibility index (Phi) is 7.55. The molecule has 0 radical (unpaired) electrons. The summed E-state index contributed by atoms with van der Waals surface area (Å²) in [5, 5.41) is 20.1. The van der Waals surface area contributed by atoms with Crippen molar-refractivity contribution in [3.05, 3.63) is 0 Å². The second-order valence-corrected chi connectivity index (χ2v) is 6.32. The fourth-order valence-electron chi connectivity index (χ4n) is 1.50. The summed E-state index contributed by atoms with van der Waals surface area (Å²) >= 11 is 0. The third kappa shape index (κ3) is 7.64. The normalized spacial score (nSPS) is 12.7. The Morgan fingerprint density at radius 3 is 1.76 bits per heavy atom. The molecule has 10 nitrogen and oxygen atoms in total. The highest BCUT2D eigenvalue weighted by atomic mass is 16.6. The molecule has 0 heterocycles. The minimum absolute atomic E-state index is 0.247.